The second-order valence-corrected chi connectivity index (χ2v) is 10.3. The van der Waals surface area contributed by atoms with Crippen LogP contribution in [-0.2, 0) is 36.6 Å². The number of hydrogen-bond donors (Lipinski definition) is 0. The number of sulfonamides is 1. The summed E-state index contributed by atoms with van der Waals surface area (Å²) in [5.74, 6) is 0.697. The summed E-state index contributed by atoms with van der Waals surface area (Å²) in [6.45, 7) is 1.10. The maximum atomic E-state index is 12.7. The van der Waals surface area contributed by atoms with Crippen LogP contribution in [0.25, 0.3) is 0 Å². The fraction of sp³-hybridized carbons (Fsp3) is 0.333. The van der Waals surface area contributed by atoms with Crippen LogP contribution in [0.1, 0.15) is 22.4 Å². The molecule has 0 fully saturated rings. The van der Waals surface area contributed by atoms with Crippen molar-refractivity contribution in [2.24, 2.45) is 7.05 Å². The Labute approximate surface area is 194 Å². The Bertz CT molecular complexity index is 1280. The molecular weight excluding hydrogens is 438 g/mol. The number of fused-ring (bicyclic) bond motifs is 1. The summed E-state index contributed by atoms with van der Waals surface area (Å²) >= 11 is 0. The molecular formula is C24H27N5O3S. The van der Waals surface area contributed by atoms with Gasteiger partial charge in [0.05, 0.1) is 48.2 Å². The van der Waals surface area contributed by atoms with Gasteiger partial charge >= 0.3 is 0 Å². The van der Waals surface area contributed by atoms with E-state index < -0.39 is 10.0 Å². The van der Waals surface area contributed by atoms with E-state index in [0.29, 0.717) is 24.3 Å². The van der Waals surface area contributed by atoms with Gasteiger partial charge in [-0.1, -0.05) is 30.3 Å². The van der Waals surface area contributed by atoms with Crippen molar-refractivity contribution in [2.45, 2.75) is 25.6 Å². The molecule has 1 aliphatic rings. The highest BCUT2D eigenvalue weighted by Crippen LogP contribution is 2.38. The van der Waals surface area contributed by atoms with Crippen molar-refractivity contribution >= 4 is 15.7 Å². The standard InChI is InChI=1S/C24H27N5O3S/c1-27(15-22-13-26-17-28(22)2)23-10-19(12-25)9-20-11-21(16-32-24(20)23)29(33(3,30)31)14-18-7-5-4-6-8-18/h4-10,13,17,21H,11,14-16H2,1-3H3. The minimum Gasteiger partial charge on any atom is -0.489 e. The third kappa shape index (κ3) is 5.02. The van der Waals surface area contributed by atoms with Crippen LogP contribution in [0.15, 0.2) is 55.0 Å². The number of aryl methyl sites for hydroxylation is 1. The monoisotopic (exact) mass is 465 g/mol. The number of aromatic nitrogens is 2. The number of benzene rings is 2. The average Bonchev–Trinajstić information content (AvgIpc) is 3.20. The lowest BCUT2D eigenvalue weighted by molar-refractivity contribution is 0.179. The van der Waals surface area contributed by atoms with Gasteiger partial charge in [0.25, 0.3) is 0 Å². The number of nitriles is 1. The fourth-order valence-corrected chi connectivity index (χ4v) is 5.22. The minimum absolute atomic E-state index is 0.241. The lowest BCUT2D eigenvalue weighted by Gasteiger charge is -2.35. The van der Waals surface area contributed by atoms with Gasteiger partial charge in [-0.05, 0) is 29.7 Å². The van der Waals surface area contributed by atoms with Gasteiger partial charge in [-0.15, -0.1) is 0 Å². The molecule has 1 atom stereocenters. The van der Waals surface area contributed by atoms with Crippen LogP contribution < -0.4 is 9.64 Å². The van der Waals surface area contributed by atoms with Gasteiger partial charge < -0.3 is 14.2 Å². The molecule has 0 saturated carbocycles. The van der Waals surface area contributed by atoms with Crippen LogP contribution in [-0.4, -0.2) is 48.2 Å². The molecule has 8 nitrogen and oxygen atoms in total. The van der Waals surface area contributed by atoms with E-state index >= 15 is 0 Å². The first-order valence-corrected chi connectivity index (χ1v) is 12.5. The third-order valence-corrected chi connectivity index (χ3v) is 7.17. The summed E-state index contributed by atoms with van der Waals surface area (Å²) in [6, 6.07) is 15.0. The molecule has 0 bridgehead atoms. The maximum absolute atomic E-state index is 12.7. The Balaban J connectivity index is 1.64. The number of anilines is 1. The van der Waals surface area contributed by atoms with Crippen LogP contribution in [0.5, 0.6) is 5.75 Å². The minimum atomic E-state index is -3.48. The zero-order valence-corrected chi connectivity index (χ0v) is 19.8. The topological polar surface area (TPSA) is 91.5 Å². The molecule has 9 heteroatoms. The highest BCUT2D eigenvalue weighted by atomic mass is 32.2. The van der Waals surface area contributed by atoms with E-state index in [4.69, 9.17) is 4.74 Å². The van der Waals surface area contributed by atoms with Crippen LogP contribution in [0.3, 0.4) is 0 Å². The Kier molecular flexibility index (Phi) is 6.40. The van der Waals surface area contributed by atoms with E-state index in [1.807, 2.05) is 66.2 Å². The molecule has 0 radical (unpaired) electrons. The molecule has 3 aromatic rings. The third-order valence-electron chi connectivity index (χ3n) is 5.89. The summed E-state index contributed by atoms with van der Waals surface area (Å²) in [4.78, 5) is 6.19. The Hall–Kier alpha value is -3.35. The smallest absolute Gasteiger partial charge is 0.211 e. The van der Waals surface area contributed by atoms with Crippen LogP contribution in [0, 0.1) is 11.3 Å². The second kappa shape index (κ2) is 9.25. The molecule has 0 amide bonds. The summed E-state index contributed by atoms with van der Waals surface area (Å²) in [6.07, 6.45) is 5.25. The van der Waals surface area contributed by atoms with Gasteiger partial charge in [0.15, 0.2) is 0 Å². The number of imidazole rings is 1. The Morgan fingerprint density at radius 3 is 2.64 bits per heavy atom. The van der Waals surface area contributed by atoms with Crippen molar-refractivity contribution in [1.82, 2.24) is 13.9 Å². The molecule has 33 heavy (non-hydrogen) atoms. The molecule has 0 N–H and O–H groups in total. The quantitative estimate of drug-likeness (QED) is 0.533. The molecule has 1 aromatic heterocycles. The van der Waals surface area contributed by atoms with Crippen molar-refractivity contribution in [3.8, 4) is 11.8 Å². The first-order chi connectivity index (χ1) is 15.8. The van der Waals surface area contributed by atoms with E-state index in [1.165, 1.54) is 10.6 Å². The predicted molar refractivity (Wildman–Crippen MR) is 126 cm³/mol. The van der Waals surface area contributed by atoms with Crippen LogP contribution >= 0.6 is 0 Å². The summed E-state index contributed by atoms with van der Waals surface area (Å²) < 4.78 is 34.9. The van der Waals surface area contributed by atoms with Crippen molar-refractivity contribution in [1.29, 1.82) is 5.26 Å². The lowest BCUT2D eigenvalue weighted by atomic mass is 9.98. The summed E-state index contributed by atoms with van der Waals surface area (Å²) in [7, 11) is 0.399. The van der Waals surface area contributed by atoms with Crippen LogP contribution in [0.2, 0.25) is 0 Å². The largest absolute Gasteiger partial charge is 0.489 e. The SMILES string of the molecule is CN(Cc1cncn1C)c1cc(C#N)cc2c1OCC(N(Cc1ccccc1)S(C)(=O)=O)C2. The van der Waals surface area contributed by atoms with Crippen molar-refractivity contribution < 1.29 is 13.2 Å². The lowest BCUT2D eigenvalue weighted by Crippen LogP contribution is -2.45. The molecule has 0 aliphatic carbocycles. The molecule has 1 unspecified atom stereocenters. The summed E-state index contributed by atoms with van der Waals surface area (Å²) in [5, 5.41) is 9.62. The molecule has 0 spiro atoms. The Morgan fingerprint density at radius 2 is 2.00 bits per heavy atom. The van der Waals surface area contributed by atoms with Gasteiger partial charge in [-0.25, -0.2) is 13.4 Å². The number of nitrogens with zero attached hydrogens (tertiary/aromatic N) is 5. The van der Waals surface area contributed by atoms with E-state index in [9.17, 15) is 13.7 Å². The highest BCUT2D eigenvalue weighted by molar-refractivity contribution is 7.88. The van der Waals surface area contributed by atoms with E-state index in [1.54, 1.807) is 12.4 Å². The zero-order valence-electron chi connectivity index (χ0n) is 19.0. The van der Waals surface area contributed by atoms with Gasteiger partial charge in [0, 0.05) is 26.8 Å². The second-order valence-electron chi connectivity index (χ2n) is 8.41. The molecule has 4 rings (SSSR count). The highest BCUT2D eigenvalue weighted by Gasteiger charge is 2.33. The maximum Gasteiger partial charge on any atom is 0.211 e. The molecule has 0 saturated heterocycles. The summed E-state index contributed by atoms with van der Waals surface area (Å²) in [5.41, 5.74) is 4.08. The average molecular weight is 466 g/mol. The van der Waals surface area contributed by atoms with E-state index in [2.05, 4.69) is 11.1 Å². The fourth-order valence-electron chi connectivity index (χ4n) is 4.16. The number of hydrogen-bond acceptors (Lipinski definition) is 6. The zero-order chi connectivity index (χ0) is 23.6. The molecule has 2 heterocycles. The van der Waals surface area contributed by atoms with Gasteiger partial charge in [-0.3, -0.25) is 0 Å². The van der Waals surface area contributed by atoms with Gasteiger partial charge in [0.1, 0.15) is 12.4 Å². The van der Waals surface area contributed by atoms with E-state index in [0.717, 1.165) is 22.5 Å². The van der Waals surface area contributed by atoms with Crippen molar-refractivity contribution in [3.05, 3.63) is 77.4 Å². The van der Waals surface area contributed by atoms with Crippen LogP contribution in [0.4, 0.5) is 5.69 Å². The normalized spacial score (nSPS) is 15.5. The van der Waals surface area contributed by atoms with E-state index in [-0.39, 0.29) is 19.2 Å². The van der Waals surface area contributed by atoms with Crippen molar-refractivity contribution in [2.75, 3.05) is 24.8 Å². The first-order valence-electron chi connectivity index (χ1n) is 10.6. The van der Waals surface area contributed by atoms with Gasteiger partial charge in [0.2, 0.25) is 10.0 Å². The molecule has 1 aliphatic heterocycles. The molecule has 172 valence electrons. The number of ether oxygens (including phenoxy) is 1. The van der Waals surface area contributed by atoms with Gasteiger partial charge in [-0.2, -0.15) is 9.57 Å². The predicted octanol–water partition coefficient (Wildman–Crippen LogP) is 2.69. The number of rotatable bonds is 7. The van der Waals surface area contributed by atoms with Crippen molar-refractivity contribution in [3.63, 3.8) is 0 Å². The Morgan fingerprint density at radius 1 is 1.24 bits per heavy atom. The first kappa shape index (κ1) is 22.8. The molecule has 2 aromatic carbocycles.